The summed E-state index contributed by atoms with van der Waals surface area (Å²) in [6, 6.07) is 14.2. The Kier molecular flexibility index (Phi) is 7.43. The van der Waals surface area contributed by atoms with Crippen molar-refractivity contribution in [2.75, 3.05) is 12.4 Å². The van der Waals surface area contributed by atoms with Crippen LogP contribution in [0.1, 0.15) is 46.2 Å². The van der Waals surface area contributed by atoms with E-state index in [-0.39, 0.29) is 17.7 Å². The number of sulfone groups is 1. The first-order valence-corrected chi connectivity index (χ1v) is 14.0. The van der Waals surface area contributed by atoms with E-state index in [1.807, 2.05) is 31.2 Å². The number of aryl methyl sites for hydroxylation is 3. The maximum absolute atomic E-state index is 12.6. The lowest BCUT2D eigenvalue weighted by Crippen LogP contribution is -2.34. The molecule has 0 bridgehead atoms. The SMILES string of the molecule is Cc1nc(C)c(S(=O)(=O)CCCOc2ccc3c(c2)C(Cc2cccc(Cl)c2)C(N)CC3)s1. The molecule has 0 saturated carbocycles. The van der Waals surface area contributed by atoms with Crippen molar-refractivity contribution in [1.29, 1.82) is 0 Å². The molecule has 176 valence electrons. The van der Waals surface area contributed by atoms with Crippen LogP contribution in [-0.4, -0.2) is 31.8 Å². The molecule has 2 atom stereocenters. The summed E-state index contributed by atoms with van der Waals surface area (Å²) in [4.78, 5) is 4.23. The molecule has 0 aliphatic heterocycles. The highest BCUT2D eigenvalue weighted by molar-refractivity contribution is 7.93. The van der Waals surface area contributed by atoms with E-state index in [1.165, 1.54) is 28.0 Å². The van der Waals surface area contributed by atoms with Crippen LogP contribution in [0.4, 0.5) is 0 Å². The van der Waals surface area contributed by atoms with Crippen molar-refractivity contribution >= 4 is 32.8 Å². The second-order valence-electron chi connectivity index (χ2n) is 8.63. The van der Waals surface area contributed by atoms with Gasteiger partial charge in [-0.05, 0) is 80.5 Å². The van der Waals surface area contributed by atoms with Gasteiger partial charge in [0.15, 0.2) is 9.84 Å². The number of hydrogen-bond acceptors (Lipinski definition) is 6. The number of rotatable bonds is 8. The van der Waals surface area contributed by atoms with E-state index in [0.717, 1.165) is 35.0 Å². The zero-order valence-corrected chi connectivity index (χ0v) is 21.3. The smallest absolute Gasteiger partial charge is 0.189 e. The molecule has 0 spiro atoms. The van der Waals surface area contributed by atoms with E-state index in [0.29, 0.717) is 22.9 Å². The van der Waals surface area contributed by atoms with Crippen LogP contribution in [0.25, 0.3) is 0 Å². The monoisotopic (exact) mass is 504 g/mol. The standard InChI is InChI=1S/C25H29ClN2O3S2/c1-16-25(32-17(2)28-16)33(29,30)12-4-11-31-21-9-7-19-8-10-24(27)23(22(19)15-21)14-18-5-3-6-20(26)13-18/h3,5-7,9,13,15,23-24H,4,8,10-12,14,27H2,1-2H3. The van der Waals surface area contributed by atoms with Crippen LogP contribution in [0.15, 0.2) is 46.7 Å². The molecule has 2 aromatic carbocycles. The number of hydrogen-bond donors (Lipinski definition) is 1. The van der Waals surface area contributed by atoms with Crippen LogP contribution < -0.4 is 10.5 Å². The molecular formula is C25H29ClN2O3S2. The van der Waals surface area contributed by atoms with Crippen molar-refractivity contribution in [1.82, 2.24) is 4.98 Å². The highest BCUT2D eigenvalue weighted by atomic mass is 35.5. The highest BCUT2D eigenvalue weighted by Gasteiger charge is 2.28. The third-order valence-electron chi connectivity index (χ3n) is 6.09. The Morgan fingerprint density at radius 2 is 2.03 bits per heavy atom. The maximum Gasteiger partial charge on any atom is 0.189 e. The van der Waals surface area contributed by atoms with Gasteiger partial charge in [0.1, 0.15) is 9.96 Å². The predicted octanol–water partition coefficient (Wildman–Crippen LogP) is 5.26. The summed E-state index contributed by atoms with van der Waals surface area (Å²) in [6.07, 6.45) is 3.15. The van der Waals surface area contributed by atoms with Crippen molar-refractivity contribution in [2.45, 2.75) is 55.7 Å². The van der Waals surface area contributed by atoms with Gasteiger partial charge in [0.25, 0.3) is 0 Å². The molecule has 0 saturated heterocycles. The van der Waals surface area contributed by atoms with Gasteiger partial charge in [-0.3, -0.25) is 0 Å². The van der Waals surface area contributed by atoms with Gasteiger partial charge >= 0.3 is 0 Å². The molecule has 0 amide bonds. The van der Waals surface area contributed by atoms with Gasteiger partial charge in [0.2, 0.25) is 0 Å². The first-order chi connectivity index (χ1) is 15.7. The lowest BCUT2D eigenvalue weighted by molar-refractivity contribution is 0.316. The summed E-state index contributed by atoms with van der Waals surface area (Å²) in [6.45, 7) is 3.89. The molecular weight excluding hydrogens is 476 g/mol. The topological polar surface area (TPSA) is 82.3 Å². The van der Waals surface area contributed by atoms with Crippen molar-refractivity contribution in [3.05, 3.63) is 74.9 Å². The number of nitrogens with zero attached hydrogens (tertiary/aromatic N) is 1. The Morgan fingerprint density at radius 1 is 1.21 bits per heavy atom. The summed E-state index contributed by atoms with van der Waals surface area (Å²) >= 11 is 7.41. The Labute approximate surface area is 204 Å². The summed E-state index contributed by atoms with van der Waals surface area (Å²) in [5, 5.41) is 1.50. The molecule has 3 aromatic rings. The van der Waals surface area contributed by atoms with E-state index in [9.17, 15) is 8.42 Å². The molecule has 0 fully saturated rings. The molecule has 1 heterocycles. The van der Waals surface area contributed by atoms with Crippen LogP contribution in [0.3, 0.4) is 0 Å². The van der Waals surface area contributed by atoms with Gasteiger partial charge in [-0.15, -0.1) is 11.3 Å². The quantitative estimate of drug-likeness (QED) is 0.423. The maximum atomic E-state index is 12.6. The van der Waals surface area contributed by atoms with Crippen molar-refractivity contribution in [3.8, 4) is 5.75 Å². The van der Waals surface area contributed by atoms with Crippen LogP contribution in [0, 0.1) is 13.8 Å². The molecule has 2 unspecified atom stereocenters. The van der Waals surface area contributed by atoms with Crippen LogP contribution in [-0.2, 0) is 22.7 Å². The summed E-state index contributed by atoms with van der Waals surface area (Å²) in [7, 11) is -3.34. The lowest BCUT2D eigenvalue weighted by atomic mass is 9.76. The number of ether oxygens (including phenoxy) is 1. The van der Waals surface area contributed by atoms with Gasteiger partial charge < -0.3 is 10.5 Å². The van der Waals surface area contributed by atoms with Gasteiger partial charge in [0, 0.05) is 17.0 Å². The van der Waals surface area contributed by atoms with Crippen molar-refractivity contribution < 1.29 is 13.2 Å². The minimum Gasteiger partial charge on any atom is -0.494 e. The number of nitrogens with two attached hydrogens (primary N) is 1. The fourth-order valence-electron chi connectivity index (χ4n) is 4.50. The molecule has 4 rings (SSSR count). The van der Waals surface area contributed by atoms with E-state index in [2.05, 4.69) is 23.2 Å². The zero-order valence-electron chi connectivity index (χ0n) is 18.9. The molecule has 8 heteroatoms. The average Bonchev–Trinajstić information content (AvgIpc) is 3.12. The third kappa shape index (κ3) is 5.77. The second-order valence-corrected chi connectivity index (χ2v) is 12.6. The molecule has 1 aliphatic rings. The molecule has 0 radical (unpaired) electrons. The Hall–Kier alpha value is -1.93. The van der Waals surface area contributed by atoms with Crippen molar-refractivity contribution in [2.24, 2.45) is 5.73 Å². The molecule has 33 heavy (non-hydrogen) atoms. The second kappa shape index (κ2) is 10.1. The first kappa shape index (κ1) is 24.2. The molecule has 1 aliphatic carbocycles. The Bertz CT molecular complexity index is 1240. The molecule has 1 aromatic heterocycles. The Morgan fingerprint density at radius 3 is 2.76 bits per heavy atom. The largest absolute Gasteiger partial charge is 0.494 e. The fourth-order valence-corrected chi connectivity index (χ4v) is 7.66. The summed E-state index contributed by atoms with van der Waals surface area (Å²) in [5.41, 5.74) is 10.8. The van der Waals surface area contributed by atoms with Gasteiger partial charge in [-0.1, -0.05) is 29.8 Å². The minimum absolute atomic E-state index is 0.0443. The highest BCUT2D eigenvalue weighted by Crippen LogP contribution is 2.36. The molecule has 5 nitrogen and oxygen atoms in total. The lowest BCUT2D eigenvalue weighted by Gasteiger charge is -2.32. The van der Waals surface area contributed by atoms with Crippen LogP contribution in [0.5, 0.6) is 5.75 Å². The number of fused-ring (bicyclic) bond motifs is 1. The van der Waals surface area contributed by atoms with E-state index >= 15 is 0 Å². The zero-order chi connectivity index (χ0) is 23.6. The van der Waals surface area contributed by atoms with Gasteiger partial charge in [-0.25, -0.2) is 13.4 Å². The van der Waals surface area contributed by atoms with Crippen LogP contribution >= 0.6 is 22.9 Å². The first-order valence-electron chi connectivity index (χ1n) is 11.2. The summed E-state index contributed by atoms with van der Waals surface area (Å²) < 4.78 is 31.6. The van der Waals surface area contributed by atoms with E-state index < -0.39 is 9.84 Å². The predicted molar refractivity (Wildman–Crippen MR) is 134 cm³/mol. The number of halogens is 1. The minimum atomic E-state index is -3.34. The number of thiazole rings is 1. The normalized spacial score (nSPS) is 18.2. The molecule has 2 N–H and O–H groups in total. The van der Waals surface area contributed by atoms with Gasteiger partial charge in [0.05, 0.1) is 23.1 Å². The van der Waals surface area contributed by atoms with E-state index in [4.69, 9.17) is 22.1 Å². The average molecular weight is 505 g/mol. The number of aromatic nitrogens is 1. The fraction of sp³-hybridized carbons (Fsp3) is 0.400. The van der Waals surface area contributed by atoms with Gasteiger partial charge in [-0.2, -0.15) is 0 Å². The van der Waals surface area contributed by atoms with Crippen molar-refractivity contribution in [3.63, 3.8) is 0 Å². The van der Waals surface area contributed by atoms with Crippen LogP contribution in [0.2, 0.25) is 5.02 Å². The number of benzene rings is 2. The Balaban J connectivity index is 1.42. The van der Waals surface area contributed by atoms with E-state index in [1.54, 1.807) is 6.92 Å². The third-order valence-corrected chi connectivity index (χ3v) is 9.90. The summed E-state index contributed by atoms with van der Waals surface area (Å²) in [5.74, 6) is 0.984.